The lowest BCUT2D eigenvalue weighted by molar-refractivity contribution is 0.0683. The van der Waals surface area contributed by atoms with Gasteiger partial charge in [0.05, 0.1) is 6.54 Å². The number of aliphatic imine (C=N–C) groups is 1. The van der Waals surface area contributed by atoms with Crippen LogP contribution in [-0.2, 0) is 11.3 Å². The number of rotatable bonds is 7. The molecule has 1 fully saturated rings. The highest BCUT2D eigenvalue weighted by atomic mass is 127. The second-order valence-electron chi connectivity index (χ2n) is 7.43. The number of aryl methyl sites for hydroxylation is 1. The number of anilines is 1. The van der Waals surface area contributed by atoms with Crippen molar-refractivity contribution in [2.45, 2.75) is 52.3 Å². The Balaban J connectivity index is 0.00000341. The summed E-state index contributed by atoms with van der Waals surface area (Å²) in [6, 6.07) is 5.19. The van der Waals surface area contributed by atoms with Gasteiger partial charge in [0, 0.05) is 38.5 Å². The van der Waals surface area contributed by atoms with Crippen molar-refractivity contribution in [3.05, 3.63) is 41.3 Å². The number of nitrogens with zero attached hydrogens (tertiary/aromatic N) is 4. The van der Waals surface area contributed by atoms with Gasteiger partial charge in [0.1, 0.15) is 11.9 Å². The number of benzene rings is 1. The van der Waals surface area contributed by atoms with E-state index in [1.54, 1.807) is 13.1 Å². The lowest BCUT2D eigenvalue weighted by atomic mass is 10.0. The topological polar surface area (TPSA) is 87.8 Å². The van der Waals surface area contributed by atoms with Gasteiger partial charge < -0.3 is 24.8 Å². The molecule has 2 heterocycles. The summed E-state index contributed by atoms with van der Waals surface area (Å²) < 4.78 is 24.2. The first-order valence-corrected chi connectivity index (χ1v) is 10.4. The van der Waals surface area contributed by atoms with E-state index in [0.29, 0.717) is 30.8 Å². The maximum atomic E-state index is 13.4. The number of guanidine groups is 1. The Kier molecular flexibility index (Phi) is 9.94. The number of ether oxygens (including phenoxy) is 1. The van der Waals surface area contributed by atoms with Gasteiger partial charge >= 0.3 is 0 Å². The van der Waals surface area contributed by atoms with E-state index in [-0.39, 0.29) is 41.9 Å². The molecule has 1 saturated heterocycles. The Morgan fingerprint density at radius 3 is 2.97 bits per heavy atom. The third-order valence-corrected chi connectivity index (χ3v) is 5.16. The van der Waals surface area contributed by atoms with Gasteiger partial charge in [-0.25, -0.2) is 4.39 Å². The van der Waals surface area contributed by atoms with Crippen molar-refractivity contribution in [3.63, 3.8) is 0 Å². The van der Waals surface area contributed by atoms with Gasteiger partial charge in [-0.3, -0.25) is 4.99 Å². The highest BCUT2D eigenvalue weighted by molar-refractivity contribution is 14.0. The van der Waals surface area contributed by atoms with Crippen LogP contribution < -0.4 is 15.5 Å². The number of halogens is 2. The number of piperidine rings is 1. The third-order valence-electron chi connectivity index (χ3n) is 5.16. The molecular formula is C21H32FIN6O2. The summed E-state index contributed by atoms with van der Waals surface area (Å²) in [4.78, 5) is 11.0. The molecule has 0 aliphatic carbocycles. The zero-order chi connectivity index (χ0) is 21.5. The molecule has 10 heteroatoms. The summed E-state index contributed by atoms with van der Waals surface area (Å²) in [7, 11) is 1.73. The summed E-state index contributed by atoms with van der Waals surface area (Å²) in [5.41, 5.74) is 2.03. The molecule has 172 valence electrons. The van der Waals surface area contributed by atoms with Gasteiger partial charge in [-0.15, -0.1) is 24.0 Å². The van der Waals surface area contributed by atoms with E-state index in [1.807, 2.05) is 26.8 Å². The fraction of sp³-hybridized carbons (Fsp3) is 0.571. The first-order chi connectivity index (χ1) is 14.5. The number of hydrogen-bond donors (Lipinski definition) is 2. The molecule has 2 N–H and O–H groups in total. The van der Waals surface area contributed by atoms with E-state index >= 15 is 0 Å². The summed E-state index contributed by atoms with van der Waals surface area (Å²) in [5, 5.41) is 10.7. The van der Waals surface area contributed by atoms with Crippen molar-refractivity contribution in [2.24, 2.45) is 4.99 Å². The van der Waals surface area contributed by atoms with E-state index in [4.69, 9.17) is 9.26 Å². The molecule has 2 atom stereocenters. The highest BCUT2D eigenvalue weighted by Crippen LogP contribution is 2.24. The average Bonchev–Trinajstić information content (AvgIpc) is 3.21. The molecular weight excluding hydrogens is 514 g/mol. The van der Waals surface area contributed by atoms with Crippen LogP contribution in [0.1, 0.15) is 50.1 Å². The minimum Gasteiger partial charge on any atom is -0.371 e. The zero-order valence-electron chi connectivity index (χ0n) is 18.5. The third kappa shape index (κ3) is 7.03. The van der Waals surface area contributed by atoms with E-state index in [2.05, 4.69) is 30.7 Å². The van der Waals surface area contributed by atoms with Crippen LogP contribution in [0.2, 0.25) is 0 Å². The predicted molar refractivity (Wildman–Crippen MR) is 129 cm³/mol. The molecule has 3 rings (SSSR count). The Bertz CT molecular complexity index is 862. The molecule has 2 unspecified atom stereocenters. The SMILES string of the molecule is CCOC(C)c1noc(CNC(=NC)NC2CCCN(c3ccc(F)cc3C)C2)n1.I. The van der Waals surface area contributed by atoms with E-state index in [0.717, 1.165) is 37.2 Å². The van der Waals surface area contributed by atoms with Crippen LogP contribution in [0.5, 0.6) is 0 Å². The fourth-order valence-electron chi connectivity index (χ4n) is 3.66. The molecule has 0 amide bonds. The molecule has 2 aromatic rings. The molecule has 1 aliphatic rings. The Labute approximate surface area is 200 Å². The lowest BCUT2D eigenvalue weighted by Crippen LogP contribution is -2.51. The summed E-state index contributed by atoms with van der Waals surface area (Å²) in [6.45, 7) is 8.52. The number of aromatic nitrogens is 2. The number of nitrogens with one attached hydrogen (secondary N) is 2. The smallest absolute Gasteiger partial charge is 0.246 e. The van der Waals surface area contributed by atoms with E-state index in [9.17, 15) is 4.39 Å². The van der Waals surface area contributed by atoms with Crippen LogP contribution in [0.3, 0.4) is 0 Å². The lowest BCUT2D eigenvalue weighted by Gasteiger charge is -2.36. The van der Waals surface area contributed by atoms with Crippen LogP contribution in [-0.4, -0.2) is 48.9 Å². The molecule has 0 saturated carbocycles. The van der Waals surface area contributed by atoms with Gasteiger partial charge in [-0.2, -0.15) is 4.98 Å². The van der Waals surface area contributed by atoms with Gasteiger partial charge in [0.15, 0.2) is 11.8 Å². The standard InChI is InChI=1S/C21H31FN6O2.HI/c1-5-29-15(3)20-26-19(30-27-20)12-24-21(23-4)25-17-7-6-10-28(13-17)18-9-8-16(22)11-14(18)2;/h8-9,11,15,17H,5-7,10,12-13H2,1-4H3,(H2,23,24,25);1H. The van der Waals surface area contributed by atoms with E-state index in [1.165, 1.54) is 6.07 Å². The summed E-state index contributed by atoms with van der Waals surface area (Å²) in [5.74, 6) is 1.49. The highest BCUT2D eigenvalue weighted by Gasteiger charge is 2.22. The van der Waals surface area contributed by atoms with Crippen LogP contribution in [0.4, 0.5) is 10.1 Å². The molecule has 0 bridgehead atoms. The number of hydrogen-bond acceptors (Lipinski definition) is 6. The maximum absolute atomic E-state index is 13.4. The predicted octanol–water partition coefficient (Wildman–Crippen LogP) is 3.57. The van der Waals surface area contributed by atoms with Crippen LogP contribution in [0.15, 0.2) is 27.7 Å². The second kappa shape index (κ2) is 12.2. The summed E-state index contributed by atoms with van der Waals surface area (Å²) in [6.07, 6.45) is 1.88. The minimum atomic E-state index is -0.202. The monoisotopic (exact) mass is 546 g/mol. The van der Waals surface area contributed by atoms with Crippen molar-refractivity contribution in [1.29, 1.82) is 0 Å². The van der Waals surface area contributed by atoms with Gasteiger partial charge in [-0.05, 0) is 57.4 Å². The average molecular weight is 546 g/mol. The molecule has 31 heavy (non-hydrogen) atoms. The van der Waals surface area contributed by atoms with E-state index < -0.39 is 0 Å². The van der Waals surface area contributed by atoms with Gasteiger partial charge in [0.25, 0.3) is 0 Å². The second-order valence-corrected chi connectivity index (χ2v) is 7.43. The first kappa shape index (κ1) is 25.3. The zero-order valence-corrected chi connectivity index (χ0v) is 20.9. The molecule has 8 nitrogen and oxygen atoms in total. The Morgan fingerprint density at radius 2 is 2.26 bits per heavy atom. The minimum absolute atomic E-state index is 0. The molecule has 0 spiro atoms. The molecule has 0 radical (unpaired) electrons. The quantitative estimate of drug-likeness (QED) is 0.312. The molecule has 1 aromatic heterocycles. The fourth-order valence-corrected chi connectivity index (χ4v) is 3.66. The van der Waals surface area contributed by atoms with Gasteiger partial charge in [-0.1, -0.05) is 5.16 Å². The first-order valence-electron chi connectivity index (χ1n) is 10.4. The van der Waals surface area contributed by atoms with Crippen molar-refractivity contribution < 1.29 is 13.7 Å². The van der Waals surface area contributed by atoms with Crippen molar-refractivity contribution in [1.82, 2.24) is 20.8 Å². The van der Waals surface area contributed by atoms with Crippen molar-refractivity contribution >= 4 is 35.6 Å². The van der Waals surface area contributed by atoms with Crippen molar-refractivity contribution in [3.8, 4) is 0 Å². The van der Waals surface area contributed by atoms with Crippen LogP contribution >= 0.6 is 24.0 Å². The Hall–Kier alpha value is -1.95. The van der Waals surface area contributed by atoms with Crippen LogP contribution in [0, 0.1) is 12.7 Å². The molecule has 1 aromatic carbocycles. The van der Waals surface area contributed by atoms with Crippen LogP contribution in [0.25, 0.3) is 0 Å². The van der Waals surface area contributed by atoms with Crippen molar-refractivity contribution in [2.75, 3.05) is 31.6 Å². The van der Waals surface area contributed by atoms with Gasteiger partial charge in [0.2, 0.25) is 5.89 Å². The normalized spacial score (nSPS) is 17.8. The largest absolute Gasteiger partial charge is 0.371 e. The molecule has 1 aliphatic heterocycles. The Morgan fingerprint density at radius 1 is 1.45 bits per heavy atom. The maximum Gasteiger partial charge on any atom is 0.246 e. The summed E-state index contributed by atoms with van der Waals surface area (Å²) >= 11 is 0.